The van der Waals surface area contributed by atoms with Gasteiger partial charge in [0, 0.05) is 18.9 Å². The Morgan fingerprint density at radius 2 is 1.40 bits per heavy atom. The third kappa shape index (κ3) is 4.59. The molecule has 114 valence electrons. The molecule has 0 unspecified atom stereocenters. The summed E-state index contributed by atoms with van der Waals surface area (Å²) < 4.78 is 18.2. The first-order valence-electron chi connectivity index (χ1n) is 8.69. The van der Waals surface area contributed by atoms with Crippen molar-refractivity contribution in [1.29, 1.82) is 0 Å². The van der Waals surface area contributed by atoms with Gasteiger partial charge >= 0.3 is 0 Å². The molecule has 2 heteroatoms. The molecule has 0 aliphatic carbocycles. The first-order chi connectivity index (χ1) is 9.59. The topological polar surface area (TPSA) is 0 Å². The van der Waals surface area contributed by atoms with Crippen LogP contribution in [0.5, 0.6) is 0 Å². The lowest BCUT2D eigenvalue weighted by Crippen LogP contribution is -2.45. The predicted molar refractivity (Wildman–Crippen MR) is 99.3 cm³/mol. The Hall–Kier alpha value is -0.346. The van der Waals surface area contributed by atoms with Gasteiger partial charge in [0.25, 0.3) is 0 Å². The quantitative estimate of drug-likeness (QED) is 0.588. The Labute approximate surface area is 131 Å². The lowest BCUT2D eigenvalue weighted by molar-refractivity contribution is 0.582. The van der Waals surface area contributed by atoms with Crippen LogP contribution in [0.2, 0.25) is 44.4 Å². The Kier molecular flexibility index (Phi) is 4.23. The highest BCUT2D eigenvalue weighted by atomic mass is 28.4. The van der Waals surface area contributed by atoms with Gasteiger partial charge in [-0.05, 0) is 28.1 Å². The zero-order valence-corrected chi connectivity index (χ0v) is 16.9. The van der Waals surface area contributed by atoms with Crippen molar-refractivity contribution in [2.24, 2.45) is 0 Å². The molecule has 0 saturated heterocycles. The van der Waals surface area contributed by atoms with Gasteiger partial charge < -0.3 is 0 Å². The molecule has 0 radical (unpaired) electrons. The molecule has 1 aromatic carbocycles. The monoisotopic (exact) mass is 308 g/mol. The minimum Gasteiger partial charge on any atom is -0.0695 e. The van der Waals surface area contributed by atoms with E-state index in [2.05, 4.69) is 66.1 Å². The Morgan fingerprint density at radius 3 is 1.80 bits per heavy atom. The van der Waals surface area contributed by atoms with Crippen molar-refractivity contribution in [2.45, 2.75) is 77.0 Å². The molecule has 0 N–H and O–H groups in total. The minimum atomic E-state index is -1.64. The van der Waals surface area contributed by atoms with Crippen molar-refractivity contribution in [3.63, 3.8) is 0 Å². The molecular formula is C18H34Si2. The van der Waals surface area contributed by atoms with Gasteiger partial charge in [0.05, 0.1) is 0 Å². The number of rotatable bonds is 4. The average Bonchev–Trinajstić information content (AvgIpc) is 2.22. The smallest absolute Gasteiger partial charge is 0.0450 e. The van der Waals surface area contributed by atoms with Gasteiger partial charge in [0.2, 0.25) is 0 Å². The molecule has 0 saturated carbocycles. The third-order valence-corrected chi connectivity index (χ3v) is 12.7. The van der Waals surface area contributed by atoms with E-state index < -0.39 is 22.5 Å². The molecule has 0 bridgehead atoms. The fraction of sp³-hybridized carbons (Fsp3) is 0.667. The number of hydrogen-bond donors (Lipinski definition) is 0. The van der Waals surface area contributed by atoms with Crippen LogP contribution in [-0.4, -0.2) is 16.1 Å². The molecule has 20 heavy (non-hydrogen) atoms. The van der Waals surface area contributed by atoms with Crippen LogP contribution < -0.4 is 0 Å². The van der Waals surface area contributed by atoms with Crippen LogP contribution in [-0.2, 0) is 11.8 Å². The van der Waals surface area contributed by atoms with Crippen molar-refractivity contribution in [2.75, 3.05) is 0 Å². The Balaban J connectivity index is 3.59. The summed E-state index contributed by atoms with van der Waals surface area (Å²) in [6.45, 7) is 20.5. The number of hydrogen-bond acceptors (Lipinski definition) is 0. The molecular weight excluding hydrogens is 272 g/mol. The van der Waals surface area contributed by atoms with E-state index in [9.17, 15) is 0 Å². The predicted octanol–water partition coefficient (Wildman–Crippen LogP) is 6.11. The summed E-state index contributed by atoms with van der Waals surface area (Å²) >= 11 is 0. The van der Waals surface area contributed by atoms with Crippen LogP contribution in [0.1, 0.15) is 34.6 Å². The van der Waals surface area contributed by atoms with Gasteiger partial charge in [0.1, 0.15) is 0 Å². The van der Waals surface area contributed by atoms with E-state index in [1.165, 1.54) is 0 Å². The molecule has 0 aliphatic heterocycles. The van der Waals surface area contributed by atoms with E-state index in [-0.39, 0.29) is 10.6 Å². The minimum absolute atomic E-state index is 0.0344. The molecule has 0 spiro atoms. The van der Waals surface area contributed by atoms with Crippen LogP contribution in [0.3, 0.4) is 0 Å². The molecule has 0 atom stereocenters. The largest absolute Gasteiger partial charge is 0.0695 e. The summed E-state index contributed by atoms with van der Waals surface area (Å²) in [6, 6.07) is 8.17. The highest BCUT2D eigenvalue weighted by Crippen LogP contribution is 2.37. The van der Waals surface area contributed by atoms with E-state index >= 15 is 0 Å². The van der Waals surface area contributed by atoms with E-state index in [1.807, 2.05) is 18.2 Å². The molecule has 1 rings (SSSR count). The highest BCUT2D eigenvalue weighted by Gasteiger charge is 2.37. The summed E-state index contributed by atoms with van der Waals surface area (Å²) in [5.74, 6) is 0. The first kappa shape index (κ1) is 14.6. The van der Waals surface area contributed by atoms with Crippen molar-refractivity contribution >= 4 is 16.1 Å². The van der Waals surface area contributed by atoms with Crippen molar-refractivity contribution in [3.8, 4) is 0 Å². The lowest BCUT2D eigenvalue weighted by Gasteiger charge is -2.39. The van der Waals surface area contributed by atoms with Gasteiger partial charge in [0.15, 0.2) is 0 Å². The fourth-order valence-corrected chi connectivity index (χ4v) is 14.7. The van der Waals surface area contributed by atoms with Crippen molar-refractivity contribution in [1.82, 2.24) is 0 Å². The van der Waals surface area contributed by atoms with E-state index in [0.29, 0.717) is 0 Å². The normalized spacial score (nSPS) is 16.1. The maximum absolute atomic E-state index is 9.09. The SMILES string of the molecule is [2H]C([2H])(c1ccccc1C(C)(C)C)C([Si](C)(C)C)[Si](C)(C)C. The van der Waals surface area contributed by atoms with Crippen LogP contribution in [0.15, 0.2) is 24.3 Å². The van der Waals surface area contributed by atoms with E-state index in [4.69, 9.17) is 2.74 Å². The Bertz CT molecular complexity index is 503. The van der Waals surface area contributed by atoms with Crippen LogP contribution in [0.25, 0.3) is 0 Å². The van der Waals surface area contributed by atoms with Gasteiger partial charge in [-0.3, -0.25) is 0 Å². The fourth-order valence-electron chi connectivity index (χ4n) is 3.15. The van der Waals surface area contributed by atoms with Gasteiger partial charge in [-0.1, -0.05) is 84.3 Å². The van der Waals surface area contributed by atoms with Crippen molar-refractivity contribution in [3.05, 3.63) is 35.4 Å². The van der Waals surface area contributed by atoms with Crippen LogP contribution in [0, 0.1) is 0 Å². The molecule has 0 fully saturated rings. The molecule has 0 aromatic heterocycles. The van der Waals surface area contributed by atoms with Crippen molar-refractivity contribution < 1.29 is 2.74 Å². The Morgan fingerprint density at radius 1 is 0.950 bits per heavy atom. The molecule has 0 nitrogen and oxygen atoms in total. The molecule has 0 aliphatic rings. The van der Waals surface area contributed by atoms with Gasteiger partial charge in [-0.2, -0.15) is 0 Å². The summed E-state index contributed by atoms with van der Waals surface area (Å²) in [6.07, 6.45) is -1.25. The van der Waals surface area contributed by atoms with Gasteiger partial charge in [-0.25, -0.2) is 0 Å². The second kappa shape index (κ2) is 5.80. The van der Waals surface area contributed by atoms with Crippen LogP contribution >= 0.6 is 0 Å². The summed E-state index contributed by atoms with van der Waals surface area (Å²) in [4.78, 5) is 0. The third-order valence-electron chi connectivity index (χ3n) is 3.77. The van der Waals surface area contributed by atoms with Crippen LogP contribution in [0.4, 0.5) is 0 Å². The molecule has 1 aromatic rings. The highest BCUT2D eigenvalue weighted by molar-refractivity contribution is 6.96. The van der Waals surface area contributed by atoms with E-state index in [0.717, 1.165) is 11.1 Å². The number of benzene rings is 1. The second-order valence-electron chi connectivity index (χ2n) is 9.10. The zero-order chi connectivity index (χ0) is 17.6. The molecule has 0 heterocycles. The standard InChI is InChI=1S/C18H34Si2/c1-18(2,3)16-13-11-10-12-15(16)14-17(19(4,5)6)20(7,8)9/h10-13,17H,14H2,1-9H3/i14D2. The first-order valence-corrected chi connectivity index (χ1v) is 14.8. The van der Waals surface area contributed by atoms with E-state index in [1.54, 1.807) is 0 Å². The summed E-state index contributed by atoms with van der Waals surface area (Å²) in [5.41, 5.74) is 2.03. The maximum Gasteiger partial charge on any atom is 0.0450 e. The van der Waals surface area contributed by atoms with Gasteiger partial charge in [-0.15, -0.1) is 0 Å². The lowest BCUT2D eigenvalue weighted by atomic mass is 9.83. The zero-order valence-electron chi connectivity index (χ0n) is 16.9. The summed E-state index contributed by atoms with van der Waals surface area (Å²) in [5, 5.41) is 0.191. The average molecular weight is 309 g/mol. The maximum atomic E-state index is 9.09. The summed E-state index contributed by atoms with van der Waals surface area (Å²) in [7, 11) is -3.27. The second-order valence-corrected chi connectivity index (χ2v) is 20.3. The molecule has 0 amide bonds.